The number of carbonyl (C=O) groups excluding carboxylic acids is 2. The number of para-hydroxylation sites is 1. The molecule has 2 aromatic carbocycles. The maximum Gasteiger partial charge on any atom is 0.258 e. The van der Waals surface area contributed by atoms with E-state index in [1.165, 1.54) is 6.42 Å². The summed E-state index contributed by atoms with van der Waals surface area (Å²) < 4.78 is 0.848. The number of rotatable bonds is 4. The normalized spacial score (nSPS) is 14.1. The van der Waals surface area contributed by atoms with Crippen LogP contribution in [0.25, 0.3) is 0 Å². The summed E-state index contributed by atoms with van der Waals surface area (Å²) in [6.07, 6.45) is 5.59. The van der Waals surface area contributed by atoms with E-state index in [0.717, 1.165) is 29.3 Å². The Bertz CT molecular complexity index is 912. The maximum absolute atomic E-state index is 12.9. The molecule has 0 radical (unpaired) electrons. The van der Waals surface area contributed by atoms with Crippen LogP contribution in [0.15, 0.2) is 48.5 Å². The van der Waals surface area contributed by atoms with Gasteiger partial charge >= 0.3 is 0 Å². The van der Waals surface area contributed by atoms with Crippen molar-refractivity contribution in [3.8, 4) is 0 Å². The first-order valence-corrected chi connectivity index (χ1v) is 11.2. The molecule has 1 aliphatic rings. The van der Waals surface area contributed by atoms with Gasteiger partial charge < -0.3 is 10.2 Å². The minimum absolute atomic E-state index is 0.105. The van der Waals surface area contributed by atoms with Gasteiger partial charge in [0.15, 0.2) is 5.11 Å². The van der Waals surface area contributed by atoms with E-state index < -0.39 is 0 Å². The van der Waals surface area contributed by atoms with E-state index in [1.54, 1.807) is 24.1 Å². The van der Waals surface area contributed by atoms with E-state index in [9.17, 15) is 9.59 Å². The highest BCUT2D eigenvalue weighted by molar-refractivity contribution is 14.1. The minimum Gasteiger partial charge on any atom is -0.349 e. The second kappa shape index (κ2) is 10.2. The van der Waals surface area contributed by atoms with Crippen LogP contribution in [-0.4, -0.2) is 30.0 Å². The van der Waals surface area contributed by atoms with Gasteiger partial charge in [0.05, 0.1) is 16.8 Å². The fourth-order valence-corrected chi connectivity index (χ4v) is 4.29. The molecule has 1 aliphatic carbocycles. The standard InChI is InChI=1S/C22H24IN3O2S/c1-26(22(29)25-20(27)16-11-5-7-13-18(16)23)19-14-8-6-12-17(19)21(28)24-15-9-3-2-4-10-15/h5-8,11-15H,2-4,9-10H2,1H3,(H,24,28)(H,25,27,29). The largest absolute Gasteiger partial charge is 0.349 e. The summed E-state index contributed by atoms with van der Waals surface area (Å²) in [4.78, 5) is 27.1. The number of hydrogen-bond donors (Lipinski definition) is 2. The lowest BCUT2D eigenvalue weighted by molar-refractivity contribution is 0.0927. The quantitative estimate of drug-likeness (QED) is 0.460. The second-order valence-corrected chi connectivity index (χ2v) is 8.67. The third-order valence-corrected chi connectivity index (χ3v) is 6.41. The molecule has 1 saturated carbocycles. The fourth-order valence-electron chi connectivity index (χ4n) is 3.47. The zero-order chi connectivity index (χ0) is 20.8. The van der Waals surface area contributed by atoms with Crippen LogP contribution in [-0.2, 0) is 0 Å². The Kier molecular flexibility index (Phi) is 7.60. The molecule has 2 N–H and O–H groups in total. The molecule has 1 fully saturated rings. The van der Waals surface area contributed by atoms with Crippen molar-refractivity contribution in [1.82, 2.24) is 10.6 Å². The third kappa shape index (κ3) is 5.54. The van der Waals surface area contributed by atoms with Gasteiger partial charge in [-0.05, 0) is 71.9 Å². The van der Waals surface area contributed by atoms with Crippen molar-refractivity contribution >= 4 is 57.4 Å². The number of thiocarbonyl (C=S) groups is 1. The molecule has 0 heterocycles. The zero-order valence-corrected chi connectivity index (χ0v) is 19.3. The summed E-state index contributed by atoms with van der Waals surface area (Å²) in [7, 11) is 1.76. The lowest BCUT2D eigenvalue weighted by Crippen LogP contribution is -2.42. The predicted octanol–water partition coefficient (Wildman–Crippen LogP) is 4.50. The molecular weight excluding hydrogens is 497 g/mol. The van der Waals surface area contributed by atoms with Gasteiger partial charge in [0, 0.05) is 16.7 Å². The van der Waals surface area contributed by atoms with Gasteiger partial charge in [0.2, 0.25) is 0 Å². The first-order valence-electron chi connectivity index (χ1n) is 9.71. The zero-order valence-electron chi connectivity index (χ0n) is 16.3. The summed E-state index contributed by atoms with van der Waals surface area (Å²) in [6.45, 7) is 0. The molecular formula is C22H24IN3O2S. The number of benzene rings is 2. The average Bonchev–Trinajstić information content (AvgIpc) is 2.74. The number of amides is 2. The van der Waals surface area contributed by atoms with E-state index >= 15 is 0 Å². The molecule has 0 aromatic heterocycles. The van der Waals surface area contributed by atoms with E-state index in [1.807, 2.05) is 36.4 Å². The first kappa shape index (κ1) is 21.7. The molecule has 0 unspecified atom stereocenters. The van der Waals surface area contributed by atoms with Crippen LogP contribution in [0.1, 0.15) is 52.8 Å². The Hall–Kier alpha value is -2.00. The Morgan fingerprint density at radius 2 is 1.59 bits per heavy atom. The van der Waals surface area contributed by atoms with Crippen LogP contribution in [0.4, 0.5) is 5.69 Å². The molecule has 5 nitrogen and oxygen atoms in total. The molecule has 0 aliphatic heterocycles. The molecule has 29 heavy (non-hydrogen) atoms. The SMILES string of the molecule is CN(C(=S)NC(=O)c1ccccc1I)c1ccccc1C(=O)NC1CCCCC1. The summed E-state index contributed by atoms with van der Waals surface area (Å²) in [6, 6.07) is 14.8. The number of hydrogen-bond acceptors (Lipinski definition) is 3. The van der Waals surface area contributed by atoms with Gasteiger partial charge in [-0.25, -0.2) is 0 Å². The van der Waals surface area contributed by atoms with Crippen LogP contribution >= 0.6 is 34.8 Å². The van der Waals surface area contributed by atoms with Crippen LogP contribution in [0.5, 0.6) is 0 Å². The highest BCUT2D eigenvalue weighted by atomic mass is 127. The topological polar surface area (TPSA) is 61.4 Å². The van der Waals surface area contributed by atoms with Gasteiger partial charge in [0.25, 0.3) is 11.8 Å². The molecule has 7 heteroatoms. The lowest BCUT2D eigenvalue weighted by Gasteiger charge is -2.26. The van der Waals surface area contributed by atoms with Crippen molar-refractivity contribution in [3.63, 3.8) is 0 Å². The average molecular weight is 521 g/mol. The summed E-state index contributed by atoms with van der Waals surface area (Å²) in [5, 5.41) is 6.15. The van der Waals surface area contributed by atoms with Gasteiger partial charge in [-0.3, -0.25) is 14.9 Å². The first-order chi connectivity index (χ1) is 14.0. The molecule has 2 aromatic rings. The van der Waals surface area contributed by atoms with Crippen molar-refractivity contribution < 1.29 is 9.59 Å². The molecule has 152 valence electrons. The van der Waals surface area contributed by atoms with Crippen molar-refractivity contribution in [1.29, 1.82) is 0 Å². The van der Waals surface area contributed by atoms with Crippen LogP contribution in [0.2, 0.25) is 0 Å². The van der Waals surface area contributed by atoms with E-state index in [0.29, 0.717) is 16.8 Å². The summed E-state index contributed by atoms with van der Waals surface area (Å²) >= 11 is 7.57. The van der Waals surface area contributed by atoms with E-state index in [2.05, 4.69) is 33.2 Å². The fraction of sp³-hybridized carbons (Fsp3) is 0.318. The smallest absolute Gasteiger partial charge is 0.258 e. The van der Waals surface area contributed by atoms with Crippen molar-refractivity contribution in [2.24, 2.45) is 0 Å². The molecule has 2 amide bonds. The number of nitrogens with zero attached hydrogens (tertiary/aromatic N) is 1. The Morgan fingerprint density at radius 1 is 0.966 bits per heavy atom. The van der Waals surface area contributed by atoms with Gasteiger partial charge in [0.1, 0.15) is 0 Å². The Labute approximate surface area is 190 Å². The van der Waals surface area contributed by atoms with Crippen molar-refractivity contribution in [2.75, 3.05) is 11.9 Å². The van der Waals surface area contributed by atoms with Gasteiger partial charge in [-0.1, -0.05) is 43.5 Å². The molecule has 0 spiro atoms. The lowest BCUT2D eigenvalue weighted by atomic mass is 9.95. The number of anilines is 1. The second-order valence-electron chi connectivity index (χ2n) is 7.12. The summed E-state index contributed by atoms with van der Waals surface area (Å²) in [5.74, 6) is -0.373. The van der Waals surface area contributed by atoms with Crippen LogP contribution < -0.4 is 15.5 Å². The van der Waals surface area contributed by atoms with Crippen molar-refractivity contribution in [2.45, 2.75) is 38.1 Å². The Morgan fingerprint density at radius 3 is 2.28 bits per heavy atom. The number of nitrogens with one attached hydrogen (secondary N) is 2. The van der Waals surface area contributed by atoms with Crippen LogP contribution in [0, 0.1) is 3.57 Å². The Balaban J connectivity index is 1.72. The summed E-state index contributed by atoms with van der Waals surface area (Å²) in [5.41, 5.74) is 1.77. The molecule has 0 saturated heterocycles. The molecule has 3 rings (SSSR count). The minimum atomic E-state index is -0.268. The maximum atomic E-state index is 12.9. The van der Waals surface area contributed by atoms with E-state index in [4.69, 9.17) is 12.2 Å². The number of halogens is 1. The van der Waals surface area contributed by atoms with Crippen molar-refractivity contribution in [3.05, 3.63) is 63.2 Å². The molecule has 0 bridgehead atoms. The highest BCUT2D eigenvalue weighted by Gasteiger charge is 2.21. The highest BCUT2D eigenvalue weighted by Crippen LogP contribution is 2.22. The molecule has 0 atom stereocenters. The predicted molar refractivity (Wildman–Crippen MR) is 128 cm³/mol. The van der Waals surface area contributed by atoms with E-state index in [-0.39, 0.29) is 23.0 Å². The number of carbonyl (C=O) groups is 2. The third-order valence-electron chi connectivity index (χ3n) is 5.09. The monoisotopic (exact) mass is 521 g/mol. The van der Waals surface area contributed by atoms with Gasteiger partial charge in [-0.2, -0.15) is 0 Å². The van der Waals surface area contributed by atoms with Gasteiger partial charge in [-0.15, -0.1) is 0 Å². The van der Waals surface area contributed by atoms with Crippen LogP contribution in [0.3, 0.4) is 0 Å².